The Balaban J connectivity index is 2.05. The monoisotopic (exact) mass is 288 g/mol. The van der Waals surface area contributed by atoms with E-state index in [4.69, 9.17) is 5.73 Å². The van der Waals surface area contributed by atoms with Gasteiger partial charge in [-0.15, -0.1) is 0 Å². The molecule has 1 aromatic heterocycles. The van der Waals surface area contributed by atoms with Crippen LogP contribution in [0.15, 0.2) is 22.8 Å². The van der Waals surface area contributed by atoms with E-state index in [1.807, 2.05) is 0 Å². The van der Waals surface area contributed by atoms with Crippen LogP contribution < -0.4 is 10.6 Å². The van der Waals surface area contributed by atoms with Crippen LogP contribution >= 0.6 is 0 Å². The molecule has 8 heteroatoms. The Bertz CT molecular complexity index is 725. The normalized spacial score (nSPS) is 13.8. The molecule has 0 saturated carbocycles. The molecule has 0 aliphatic carbocycles. The first-order chi connectivity index (χ1) is 10.1. The van der Waals surface area contributed by atoms with Crippen molar-refractivity contribution in [1.82, 2.24) is 10.3 Å². The second-order valence-electron chi connectivity index (χ2n) is 4.67. The molecular formula is C13H12N4O4. The van der Waals surface area contributed by atoms with Crippen molar-refractivity contribution < 1.29 is 19.3 Å². The number of nitrogens with zero attached hydrogens (tertiary/aromatic N) is 3. The van der Waals surface area contributed by atoms with Gasteiger partial charge in [-0.3, -0.25) is 4.79 Å². The van der Waals surface area contributed by atoms with E-state index in [0.29, 0.717) is 30.6 Å². The zero-order valence-corrected chi connectivity index (χ0v) is 10.9. The maximum atomic E-state index is 12.5. The number of aromatic nitrogens is 2. The van der Waals surface area contributed by atoms with Gasteiger partial charge in [0.05, 0.1) is 5.56 Å². The second kappa shape index (κ2) is 4.89. The number of anilines is 2. The van der Waals surface area contributed by atoms with Crippen molar-refractivity contribution >= 4 is 23.4 Å². The Labute approximate surface area is 119 Å². The van der Waals surface area contributed by atoms with Gasteiger partial charge in [0.2, 0.25) is 11.5 Å². The Kier molecular flexibility index (Phi) is 3.05. The van der Waals surface area contributed by atoms with E-state index in [2.05, 4.69) is 14.9 Å². The van der Waals surface area contributed by atoms with Crippen LogP contribution in [0.25, 0.3) is 0 Å². The van der Waals surface area contributed by atoms with Crippen LogP contribution in [0.2, 0.25) is 0 Å². The van der Waals surface area contributed by atoms with Gasteiger partial charge in [-0.05, 0) is 40.9 Å². The van der Waals surface area contributed by atoms with E-state index in [-0.39, 0.29) is 17.1 Å². The number of carboxylic acids is 1. The van der Waals surface area contributed by atoms with E-state index < -0.39 is 11.9 Å². The minimum absolute atomic E-state index is 0.0661. The minimum Gasteiger partial charge on any atom is -0.478 e. The van der Waals surface area contributed by atoms with Crippen LogP contribution in [0, 0.1) is 0 Å². The quantitative estimate of drug-likeness (QED) is 0.843. The number of carboxylic acid groups (broad SMARTS) is 1. The van der Waals surface area contributed by atoms with Gasteiger partial charge >= 0.3 is 5.97 Å². The SMILES string of the molecule is Nc1nonc1C(=O)N1CCCc2c(C(=O)O)cccc21. The van der Waals surface area contributed by atoms with Crippen LogP contribution in [0.5, 0.6) is 0 Å². The molecule has 1 amide bonds. The van der Waals surface area contributed by atoms with Gasteiger partial charge in [0, 0.05) is 12.2 Å². The van der Waals surface area contributed by atoms with Crippen molar-refractivity contribution in [3.63, 3.8) is 0 Å². The summed E-state index contributed by atoms with van der Waals surface area (Å²) in [5.74, 6) is -1.54. The van der Waals surface area contributed by atoms with Gasteiger partial charge in [-0.1, -0.05) is 6.07 Å². The van der Waals surface area contributed by atoms with Crippen LogP contribution in [-0.4, -0.2) is 33.8 Å². The molecule has 1 aromatic carbocycles. The second-order valence-corrected chi connectivity index (χ2v) is 4.67. The molecule has 3 rings (SSSR count). The van der Waals surface area contributed by atoms with Crippen molar-refractivity contribution in [2.24, 2.45) is 0 Å². The maximum absolute atomic E-state index is 12.5. The average Bonchev–Trinajstić information content (AvgIpc) is 2.91. The highest BCUT2D eigenvalue weighted by molar-refractivity contribution is 6.08. The third kappa shape index (κ3) is 2.10. The summed E-state index contributed by atoms with van der Waals surface area (Å²) < 4.78 is 4.44. The van der Waals surface area contributed by atoms with E-state index in [9.17, 15) is 14.7 Å². The first kappa shape index (κ1) is 13.1. The zero-order chi connectivity index (χ0) is 15.0. The first-order valence-electron chi connectivity index (χ1n) is 6.34. The Morgan fingerprint density at radius 1 is 1.33 bits per heavy atom. The molecule has 108 valence electrons. The predicted octanol–water partition coefficient (Wildman–Crippen LogP) is 0.943. The molecule has 1 aliphatic rings. The number of benzene rings is 1. The Morgan fingerprint density at radius 2 is 2.14 bits per heavy atom. The largest absolute Gasteiger partial charge is 0.478 e. The fraction of sp³-hybridized carbons (Fsp3) is 0.231. The number of nitrogens with two attached hydrogens (primary N) is 1. The van der Waals surface area contributed by atoms with Crippen LogP contribution in [0.1, 0.15) is 32.8 Å². The van der Waals surface area contributed by atoms with Crippen molar-refractivity contribution in [2.45, 2.75) is 12.8 Å². The lowest BCUT2D eigenvalue weighted by atomic mass is 9.96. The van der Waals surface area contributed by atoms with Crippen LogP contribution in [0.3, 0.4) is 0 Å². The number of fused-ring (bicyclic) bond motifs is 1. The summed E-state index contributed by atoms with van der Waals surface area (Å²) in [6.07, 6.45) is 1.27. The molecule has 0 spiro atoms. The van der Waals surface area contributed by atoms with Crippen LogP contribution in [-0.2, 0) is 6.42 Å². The third-order valence-corrected chi connectivity index (χ3v) is 3.44. The zero-order valence-electron chi connectivity index (χ0n) is 10.9. The summed E-state index contributed by atoms with van der Waals surface area (Å²) in [7, 11) is 0. The number of hydrogen-bond acceptors (Lipinski definition) is 6. The highest BCUT2D eigenvalue weighted by Gasteiger charge is 2.29. The Morgan fingerprint density at radius 3 is 2.81 bits per heavy atom. The highest BCUT2D eigenvalue weighted by atomic mass is 16.6. The van der Waals surface area contributed by atoms with Crippen molar-refractivity contribution in [1.29, 1.82) is 0 Å². The summed E-state index contributed by atoms with van der Waals surface area (Å²) >= 11 is 0. The number of aromatic carboxylic acids is 1. The van der Waals surface area contributed by atoms with Gasteiger partial charge in [0.1, 0.15) is 0 Å². The molecule has 0 fully saturated rings. The lowest BCUT2D eigenvalue weighted by molar-refractivity contribution is 0.0695. The number of rotatable bonds is 2. The van der Waals surface area contributed by atoms with Crippen molar-refractivity contribution in [2.75, 3.05) is 17.2 Å². The summed E-state index contributed by atoms with van der Waals surface area (Å²) in [5, 5.41) is 16.1. The first-order valence-corrected chi connectivity index (χ1v) is 6.34. The predicted molar refractivity (Wildman–Crippen MR) is 72.1 cm³/mol. The van der Waals surface area contributed by atoms with E-state index in [1.165, 1.54) is 11.0 Å². The van der Waals surface area contributed by atoms with Crippen molar-refractivity contribution in [3.05, 3.63) is 35.0 Å². The fourth-order valence-corrected chi connectivity index (χ4v) is 2.51. The van der Waals surface area contributed by atoms with Crippen molar-refractivity contribution in [3.8, 4) is 0 Å². The average molecular weight is 288 g/mol. The third-order valence-electron chi connectivity index (χ3n) is 3.44. The molecule has 21 heavy (non-hydrogen) atoms. The fourth-order valence-electron chi connectivity index (χ4n) is 2.51. The van der Waals surface area contributed by atoms with Crippen LogP contribution in [0.4, 0.5) is 11.5 Å². The maximum Gasteiger partial charge on any atom is 0.336 e. The summed E-state index contributed by atoms with van der Waals surface area (Å²) in [6, 6.07) is 4.85. The number of amides is 1. The molecule has 0 bridgehead atoms. The molecule has 0 atom stereocenters. The minimum atomic E-state index is -1.01. The smallest absolute Gasteiger partial charge is 0.336 e. The highest BCUT2D eigenvalue weighted by Crippen LogP contribution is 2.31. The molecule has 2 aromatic rings. The summed E-state index contributed by atoms with van der Waals surface area (Å²) in [6.45, 7) is 0.460. The number of nitrogen functional groups attached to an aromatic ring is 1. The molecule has 0 unspecified atom stereocenters. The lowest BCUT2D eigenvalue weighted by Gasteiger charge is -2.29. The molecule has 8 nitrogen and oxygen atoms in total. The molecule has 3 N–H and O–H groups in total. The van der Waals surface area contributed by atoms with E-state index in [1.54, 1.807) is 12.1 Å². The van der Waals surface area contributed by atoms with Gasteiger partial charge in [-0.2, -0.15) is 0 Å². The van der Waals surface area contributed by atoms with Gasteiger partial charge in [0.25, 0.3) is 5.91 Å². The summed E-state index contributed by atoms with van der Waals surface area (Å²) in [5.41, 5.74) is 6.88. The molecule has 0 saturated heterocycles. The molecule has 0 radical (unpaired) electrons. The topological polar surface area (TPSA) is 123 Å². The summed E-state index contributed by atoms with van der Waals surface area (Å²) in [4.78, 5) is 25.2. The number of carbonyl (C=O) groups excluding carboxylic acids is 1. The lowest BCUT2D eigenvalue weighted by Crippen LogP contribution is -2.36. The van der Waals surface area contributed by atoms with E-state index in [0.717, 1.165) is 0 Å². The molecular weight excluding hydrogens is 276 g/mol. The Hall–Kier alpha value is -2.90. The van der Waals surface area contributed by atoms with E-state index >= 15 is 0 Å². The standard InChI is InChI=1S/C13H12N4O4/c14-11-10(15-21-16-11)12(18)17-6-2-4-7-8(13(19)20)3-1-5-9(7)17/h1,3,5H,2,4,6H2,(H2,14,16)(H,19,20). The number of carbonyl (C=O) groups is 2. The van der Waals surface area contributed by atoms with Gasteiger partial charge < -0.3 is 15.7 Å². The van der Waals surface area contributed by atoms with Gasteiger partial charge in [0.15, 0.2) is 0 Å². The molecule has 1 aliphatic heterocycles. The number of hydrogen-bond donors (Lipinski definition) is 2. The van der Waals surface area contributed by atoms with Gasteiger partial charge in [-0.25, -0.2) is 9.42 Å². The molecule has 2 heterocycles.